The summed E-state index contributed by atoms with van der Waals surface area (Å²) in [6, 6.07) is 4.64. The molecule has 4 aromatic heterocycles. The molecule has 0 bridgehead atoms. The summed E-state index contributed by atoms with van der Waals surface area (Å²) in [6.45, 7) is 8.16. The first-order valence-corrected chi connectivity index (χ1v) is 11.3. The van der Waals surface area contributed by atoms with Gasteiger partial charge in [0.2, 0.25) is 0 Å². The topological polar surface area (TPSA) is 98.7 Å². The Morgan fingerprint density at radius 3 is 2.74 bits per heavy atom. The summed E-state index contributed by atoms with van der Waals surface area (Å²) in [5.74, 6) is 0.520. The fourth-order valence-electron chi connectivity index (χ4n) is 4.01. The van der Waals surface area contributed by atoms with Crippen LogP contribution in [-0.4, -0.2) is 49.7 Å². The minimum absolute atomic E-state index is 0.338. The van der Waals surface area contributed by atoms with Gasteiger partial charge in [0.05, 0.1) is 49.7 Å². The molecule has 5 rings (SSSR count). The van der Waals surface area contributed by atoms with Gasteiger partial charge in [-0.25, -0.2) is 8.91 Å². The quantitative estimate of drug-likeness (QED) is 0.448. The fourth-order valence-corrected chi connectivity index (χ4v) is 4.01. The van der Waals surface area contributed by atoms with Crippen LogP contribution >= 0.6 is 0 Å². The van der Waals surface area contributed by atoms with Crippen molar-refractivity contribution in [2.24, 2.45) is 0 Å². The second-order valence-corrected chi connectivity index (χ2v) is 7.61. The predicted molar refractivity (Wildman–Crippen MR) is 125 cm³/mol. The van der Waals surface area contributed by atoms with Crippen LogP contribution in [0.15, 0.2) is 36.8 Å². The summed E-state index contributed by atoms with van der Waals surface area (Å²) >= 11 is 0. The zero-order chi connectivity index (χ0) is 24.2. The summed E-state index contributed by atoms with van der Waals surface area (Å²) in [5, 5.41) is 22.5. The number of nitrogens with zero attached hydrogens (tertiary/aromatic N) is 5. The number of aliphatic hydroxyl groups excluding tert-OH is 1. The number of nitrogens with one attached hydrogen (secondary N) is 1. The minimum atomic E-state index is -0.797. The molecule has 1 aliphatic rings. The number of methoxy groups -OCH3 is 1. The zero-order valence-corrected chi connectivity index (χ0v) is 19.7. The molecule has 5 heterocycles. The van der Waals surface area contributed by atoms with E-state index in [1.54, 1.807) is 17.8 Å². The Labute approximate surface area is 197 Å². The zero-order valence-electron chi connectivity index (χ0n) is 19.7. The van der Waals surface area contributed by atoms with Gasteiger partial charge in [-0.3, -0.25) is 9.67 Å². The van der Waals surface area contributed by atoms with Gasteiger partial charge < -0.3 is 19.9 Å². The molecule has 0 aromatic carbocycles. The normalized spacial score (nSPS) is 13.7. The van der Waals surface area contributed by atoms with Gasteiger partial charge in [-0.05, 0) is 30.7 Å². The lowest BCUT2D eigenvalue weighted by molar-refractivity contribution is 0.114. The molecule has 0 amide bonds. The van der Waals surface area contributed by atoms with E-state index in [1.807, 2.05) is 30.8 Å². The van der Waals surface area contributed by atoms with Crippen LogP contribution in [0.3, 0.4) is 0 Å². The van der Waals surface area contributed by atoms with Crippen molar-refractivity contribution in [1.82, 2.24) is 29.7 Å². The molecule has 10 heteroatoms. The van der Waals surface area contributed by atoms with Crippen molar-refractivity contribution >= 4 is 5.52 Å². The highest BCUT2D eigenvalue weighted by molar-refractivity contribution is 5.75. The molecule has 0 saturated heterocycles. The van der Waals surface area contributed by atoms with Crippen LogP contribution in [0.25, 0.3) is 16.8 Å². The predicted octanol–water partition coefficient (Wildman–Crippen LogP) is 3.29. The van der Waals surface area contributed by atoms with Crippen LogP contribution in [0.5, 0.6) is 11.5 Å². The highest BCUT2D eigenvalue weighted by Crippen LogP contribution is 2.36. The summed E-state index contributed by atoms with van der Waals surface area (Å²) in [6.07, 6.45) is 3.78. The van der Waals surface area contributed by atoms with Crippen LogP contribution in [0.4, 0.5) is 4.39 Å². The highest BCUT2D eigenvalue weighted by atomic mass is 19.1. The third-order valence-electron chi connectivity index (χ3n) is 5.66. The maximum atomic E-state index is 13.3. The van der Waals surface area contributed by atoms with Gasteiger partial charge in [0, 0.05) is 24.8 Å². The van der Waals surface area contributed by atoms with Gasteiger partial charge in [-0.2, -0.15) is 10.2 Å². The van der Waals surface area contributed by atoms with Crippen molar-refractivity contribution in [2.75, 3.05) is 20.3 Å². The largest absolute Gasteiger partial charge is 0.493 e. The van der Waals surface area contributed by atoms with E-state index in [1.165, 1.54) is 12.1 Å². The molecule has 2 N–H and O–H groups in total. The molecule has 0 aliphatic carbocycles. The third kappa shape index (κ3) is 4.34. The van der Waals surface area contributed by atoms with Gasteiger partial charge in [0.25, 0.3) is 0 Å². The first-order chi connectivity index (χ1) is 16.6. The molecule has 34 heavy (non-hydrogen) atoms. The van der Waals surface area contributed by atoms with E-state index < -0.39 is 11.9 Å². The maximum Gasteiger partial charge on any atom is 0.168 e. The van der Waals surface area contributed by atoms with E-state index in [0.29, 0.717) is 22.7 Å². The average molecular weight is 469 g/mol. The Morgan fingerprint density at radius 1 is 1.24 bits per heavy atom. The van der Waals surface area contributed by atoms with Crippen LogP contribution in [0, 0.1) is 12.7 Å². The van der Waals surface area contributed by atoms with Gasteiger partial charge in [-0.15, -0.1) is 0 Å². The van der Waals surface area contributed by atoms with Crippen LogP contribution in [-0.2, 0) is 13.1 Å². The Morgan fingerprint density at radius 2 is 2.06 bits per heavy atom. The van der Waals surface area contributed by atoms with Crippen molar-refractivity contribution in [3.63, 3.8) is 0 Å². The Balaban J connectivity index is 0.00000133. The summed E-state index contributed by atoms with van der Waals surface area (Å²) in [7, 11) is 1.56. The molecular weight excluding hydrogens is 439 g/mol. The molecule has 1 aliphatic heterocycles. The average Bonchev–Trinajstić information content (AvgIpc) is 3.45. The molecule has 0 radical (unpaired) electrons. The number of fused-ring (bicyclic) bond motifs is 2. The molecule has 1 atom stereocenters. The summed E-state index contributed by atoms with van der Waals surface area (Å²) in [5.41, 5.74) is 4.92. The first kappa shape index (κ1) is 23.7. The third-order valence-corrected chi connectivity index (χ3v) is 5.66. The van der Waals surface area contributed by atoms with Crippen molar-refractivity contribution in [3.05, 3.63) is 59.6 Å². The molecule has 0 saturated carbocycles. The van der Waals surface area contributed by atoms with Crippen LogP contribution in [0.2, 0.25) is 0 Å². The lowest BCUT2D eigenvalue weighted by Crippen LogP contribution is -2.28. The second kappa shape index (κ2) is 10.2. The summed E-state index contributed by atoms with van der Waals surface area (Å²) in [4.78, 5) is 4.06. The SMILES string of the molecule is CC.COc1cnn2cc(-c3nn4c(c3C)CNCC4)cc(OC(CO)c3ccc(F)cn3)c12. The van der Waals surface area contributed by atoms with Crippen LogP contribution in [0.1, 0.15) is 36.9 Å². The van der Waals surface area contributed by atoms with E-state index in [4.69, 9.17) is 14.6 Å². The lowest BCUT2D eigenvalue weighted by atomic mass is 10.1. The number of halogens is 1. The maximum absolute atomic E-state index is 13.3. The van der Waals surface area contributed by atoms with E-state index in [0.717, 1.165) is 48.3 Å². The van der Waals surface area contributed by atoms with E-state index in [-0.39, 0.29) is 6.61 Å². The number of rotatable bonds is 6. The highest BCUT2D eigenvalue weighted by Gasteiger charge is 2.23. The summed E-state index contributed by atoms with van der Waals surface area (Å²) < 4.78 is 28.7. The molecule has 180 valence electrons. The minimum Gasteiger partial charge on any atom is -0.493 e. The van der Waals surface area contributed by atoms with Gasteiger partial charge >= 0.3 is 0 Å². The molecule has 1 unspecified atom stereocenters. The van der Waals surface area contributed by atoms with Gasteiger partial charge in [-0.1, -0.05) is 13.8 Å². The number of hydrogen-bond donors (Lipinski definition) is 2. The molecular formula is C24H29FN6O3. The molecule has 0 spiro atoms. The van der Waals surface area contributed by atoms with Crippen LogP contribution < -0.4 is 14.8 Å². The van der Waals surface area contributed by atoms with E-state index in [2.05, 4.69) is 22.3 Å². The Bertz CT molecular complexity index is 1270. The Hall–Kier alpha value is -3.50. The number of aliphatic hydroxyl groups is 1. The smallest absolute Gasteiger partial charge is 0.168 e. The number of aromatic nitrogens is 5. The number of pyridine rings is 2. The standard InChI is InChI=1S/C22H23FN6O3.C2H6/c1-13-17-9-24-5-6-28(17)27-21(13)14-7-18(22-19(31-2)10-26-29(22)11-14)32-20(12-30)16-4-3-15(23)8-25-16;1-2/h3-4,7-8,10-11,20,24,30H,5-6,9,12H2,1-2H3;1-2H3. The molecule has 9 nitrogen and oxygen atoms in total. The lowest BCUT2D eigenvalue weighted by Gasteiger charge is -2.18. The van der Waals surface area contributed by atoms with Crippen molar-refractivity contribution in [2.45, 2.75) is 40.0 Å². The van der Waals surface area contributed by atoms with E-state index >= 15 is 0 Å². The molecule has 4 aromatic rings. The first-order valence-electron chi connectivity index (χ1n) is 11.3. The van der Waals surface area contributed by atoms with Gasteiger partial charge in [0.1, 0.15) is 5.82 Å². The molecule has 0 fully saturated rings. The second-order valence-electron chi connectivity index (χ2n) is 7.61. The fraction of sp³-hybridized carbons (Fsp3) is 0.375. The number of ether oxygens (including phenoxy) is 2. The monoisotopic (exact) mass is 468 g/mol. The van der Waals surface area contributed by atoms with Crippen molar-refractivity contribution < 1.29 is 19.0 Å². The van der Waals surface area contributed by atoms with Crippen molar-refractivity contribution in [1.29, 1.82) is 0 Å². The van der Waals surface area contributed by atoms with Gasteiger partial charge in [0.15, 0.2) is 23.1 Å². The Kier molecular flexibility index (Phi) is 7.09. The number of hydrogen-bond acceptors (Lipinski definition) is 7. The van der Waals surface area contributed by atoms with Crippen molar-refractivity contribution in [3.8, 4) is 22.8 Å². The van der Waals surface area contributed by atoms with E-state index in [9.17, 15) is 9.50 Å².